The highest BCUT2D eigenvalue weighted by Crippen LogP contribution is 2.24. The van der Waals surface area contributed by atoms with Gasteiger partial charge in [-0.25, -0.2) is 4.79 Å². The first-order valence-electron chi connectivity index (χ1n) is 6.97. The molecule has 0 aliphatic carbocycles. The second kappa shape index (κ2) is 7.23. The molecule has 1 aromatic carbocycles. The van der Waals surface area contributed by atoms with Gasteiger partial charge in [-0.1, -0.05) is 29.5 Å². The third kappa shape index (κ3) is 4.07. The van der Waals surface area contributed by atoms with Gasteiger partial charge in [0.25, 0.3) is 0 Å². The maximum absolute atomic E-state index is 11.9. The lowest BCUT2D eigenvalue weighted by molar-refractivity contribution is -0.119. The lowest BCUT2D eigenvalue weighted by Crippen LogP contribution is -2.41. The van der Waals surface area contributed by atoms with Gasteiger partial charge in [-0.3, -0.25) is 10.1 Å². The lowest BCUT2D eigenvalue weighted by atomic mass is 10.1. The molecule has 2 aromatic rings. The topological polar surface area (TPSA) is 102 Å². The van der Waals surface area contributed by atoms with Crippen LogP contribution in [0, 0.1) is 13.8 Å². The van der Waals surface area contributed by atoms with E-state index in [4.69, 9.17) is 0 Å². The zero-order valence-electron chi connectivity index (χ0n) is 13.3. The third-order valence-electron chi connectivity index (χ3n) is 3.14. The summed E-state index contributed by atoms with van der Waals surface area (Å²) in [6, 6.07) is 5.39. The predicted molar refractivity (Wildman–Crippen MR) is 86.5 cm³/mol. The van der Waals surface area contributed by atoms with E-state index in [1.54, 1.807) is 11.6 Å². The molecule has 23 heavy (non-hydrogen) atoms. The Hall–Kier alpha value is -2.42. The van der Waals surface area contributed by atoms with Gasteiger partial charge in [-0.15, -0.1) is 5.10 Å². The SMILES string of the molecule is CNC(=O)NC(=O)C(C)Sc1nnnn1-c1ccc(C)cc1C. The van der Waals surface area contributed by atoms with Crippen LogP contribution in [0.3, 0.4) is 0 Å². The van der Waals surface area contributed by atoms with Gasteiger partial charge in [-0.05, 0) is 42.8 Å². The minimum Gasteiger partial charge on any atom is -0.341 e. The van der Waals surface area contributed by atoms with Crippen molar-refractivity contribution >= 4 is 23.7 Å². The number of carbonyl (C=O) groups is 2. The van der Waals surface area contributed by atoms with Gasteiger partial charge in [0, 0.05) is 7.05 Å². The molecule has 0 saturated carbocycles. The highest BCUT2D eigenvalue weighted by Gasteiger charge is 2.21. The van der Waals surface area contributed by atoms with Gasteiger partial charge in [0.1, 0.15) is 0 Å². The summed E-state index contributed by atoms with van der Waals surface area (Å²) in [6.07, 6.45) is 0. The molecule has 8 nitrogen and oxygen atoms in total. The number of aryl methyl sites for hydroxylation is 2. The fraction of sp³-hybridized carbons (Fsp3) is 0.357. The molecule has 1 unspecified atom stereocenters. The zero-order chi connectivity index (χ0) is 17.0. The van der Waals surface area contributed by atoms with Crippen LogP contribution in [0.15, 0.2) is 23.4 Å². The van der Waals surface area contributed by atoms with E-state index in [-0.39, 0.29) is 0 Å². The van der Waals surface area contributed by atoms with Crippen molar-refractivity contribution in [1.82, 2.24) is 30.8 Å². The number of amides is 3. The summed E-state index contributed by atoms with van der Waals surface area (Å²) < 4.78 is 1.59. The van der Waals surface area contributed by atoms with E-state index < -0.39 is 17.2 Å². The Bertz CT molecular complexity index is 730. The largest absolute Gasteiger partial charge is 0.341 e. The number of benzene rings is 1. The van der Waals surface area contributed by atoms with Crippen molar-refractivity contribution in [3.05, 3.63) is 29.3 Å². The molecular weight excluding hydrogens is 316 g/mol. The zero-order valence-corrected chi connectivity index (χ0v) is 14.1. The molecule has 3 amide bonds. The number of nitrogens with one attached hydrogen (secondary N) is 2. The average Bonchev–Trinajstić information content (AvgIpc) is 2.94. The van der Waals surface area contributed by atoms with E-state index >= 15 is 0 Å². The standard InChI is InChI=1S/C14H18N6O2S/c1-8-5-6-11(9(2)7-8)20-14(17-18-19-20)23-10(3)12(21)16-13(22)15-4/h5-7,10H,1-4H3,(H2,15,16,21,22). The summed E-state index contributed by atoms with van der Waals surface area (Å²) in [5.74, 6) is -0.412. The number of nitrogens with zero attached hydrogens (tertiary/aromatic N) is 4. The number of thioether (sulfide) groups is 1. The molecule has 1 heterocycles. The Balaban J connectivity index is 2.18. The Labute approximate surface area is 138 Å². The Morgan fingerprint density at radius 3 is 2.70 bits per heavy atom. The van der Waals surface area contributed by atoms with Crippen LogP contribution in [0.4, 0.5) is 4.79 Å². The number of hydrogen-bond donors (Lipinski definition) is 2. The molecule has 0 saturated heterocycles. The highest BCUT2D eigenvalue weighted by molar-refractivity contribution is 8.00. The fourth-order valence-corrected chi connectivity index (χ4v) is 2.73. The van der Waals surface area contributed by atoms with Crippen LogP contribution in [0.5, 0.6) is 0 Å². The number of aromatic nitrogens is 4. The Morgan fingerprint density at radius 2 is 2.04 bits per heavy atom. The van der Waals surface area contributed by atoms with Crippen molar-refractivity contribution in [1.29, 1.82) is 0 Å². The Morgan fingerprint density at radius 1 is 1.30 bits per heavy atom. The molecule has 0 bridgehead atoms. The van der Waals surface area contributed by atoms with Crippen LogP contribution < -0.4 is 10.6 Å². The van der Waals surface area contributed by atoms with Crippen LogP contribution in [-0.2, 0) is 4.79 Å². The minimum atomic E-state index is -0.545. The number of tetrazole rings is 1. The smallest absolute Gasteiger partial charge is 0.321 e. The quantitative estimate of drug-likeness (QED) is 0.815. The van der Waals surface area contributed by atoms with Crippen molar-refractivity contribution < 1.29 is 9.59 Å². The summed E-state index contributed by atoms with van der Waals surface area (Å²) in [5.41, 5.74) is 3.02. The second-order valence-electron chi connectivity index (χ2n) is 4.99. The van der Waals surface area contributed by atoms with Gasteiger partial charge in [0.2, 0.25) is 11.1 Å². The van der Waals surface area contributed by atoms with Crippen molar-refractivity contribution in [3.8, 4) is 5.69 Å². The summed E-state index contributed by atoms with van der Waals surface area (Å²) in [6.45, 7) is 5.67. The molecule has 1 atom stereocenters. The maximum atomic E-state index is 11.9. The predicted octanol–water partition coefficient (Wildman–Crippen LogP) is 1.22. The van der Waals surface area contributed by atoms with Crippen LogP contribution in [0.1, 0.15) is 18.1 Å². The van der Waals surface area contributed by atoms with Gasteiger partial charge in [-0.2, -0.15) is 4.68 Å². The van der Waals surface area contributed by atoms with Crippen molar-refractivity contribution in [2.24, 2.45) is 0 Å². The van der Waals surface area contributed by atoms with E-state index in [2.05, 4.69) is 26.2 Å². The van der Waals surface area contributed by atoms with Crippen LogP contribution in [0.25, 0.3) is 5.69 Å². The monoisotopic (exact) mass is 334 g/mol. The summed E-state index contributed by atoms with van der Waals surface area (Å²) >= 11 is 1.18. The summed E-state index contributed by atoms with van der Waals surface area (Å²) in [5, 5.41) is 16.2. The molecule has 0 spiro atoms. The molecule has 1 aromatic heterocycles. The van der Waals surface area contributed by atoms with Gasteiger partial charge >= 0.3 is 6.03 Å². The molecular formula is C14H18N6O2S. The molecule has 0 radical (unpaired) electrons. The highest BCUT2D eigenvalue weighted by atomic mass is 32.2. The van der Waals surface area contributed by atoms with Crippen LogP contribution in [0.2, 0.25) is 0 Å². The van der Waals surface area contributed by atoms with Gasteiger partial charge in [0.05, 0.1) is 10.9 Å². The first-order valence-corrected chi connectivity index (χ1v) is 7.85. The first-order chi connectivity index (χ1) is 10.9. The second-order valence-corrected chi connectivity index (χ2v) is 6.30. The number of urea groups is 1. The first kappa shape index (κ1) is 16.9. The lowest BCUT2D eigenvalue weighted by Gasteiger charge is -2.12. The molecule has 122 valence electrons. The van der Waals surface area contributed by atoms with E-state index in [1.165, 1.54) is 18.8 Å². The molecule has 0 aliphatic heterocycles. The van der Waals surface area contributed by atoms with E-state index in [9.17, 15) is 9.59 Å². The van der Waals surface area contributed by atoms with Gasteiger partial charge < -0.3 is 5.32 Å². The number of hydrogen-bond acceptors (Lipinski definition) is 6. The summed E-state index contributed by atoms with van der Waals surface area (Å²) in [7, 11) is 1.45. The number of rotatable bonds is 4. The normalized spacial score (nSPS) is 11.8. The van der Waals surface area contributed by atoms with Gasteiger partial charge in [0.15, 0.2) is 0 Å². The third-order valence-corrected chi connectivity index (χ3v) is 4.17. The van der Waals surface area contributed by atoms with Crippen LogP contribution in [-0.4, -0.2) is 44.4 Å². The number of imide groups is 1. The fourth-order valence-electron chi connectivity index (χ4n) is 1.93. The molecule has 0 fully saturated rings. The molecule has 0 aliphatic rings. The average molecular weight is 334 g/mol. The van der Waals surface area contributed by atoms with E-state index in [0.717, 1.165) is 16.8 Å². The minimum absolute atomic E-state index is 0.412. The van der Waals surface area contributed by atoms with E-state index in [0.29, 0.717) is 5.16 Å². The van der Waals surface area contributed by atoms with Crippen molar-refractivity contribution in [3.63, 3.8) is 0 Å². The van der Waals surface area contributed by atoms with Crippen molar-refractivity contribution in [2.75, 3.05) is 7.05 Å². The Kier molecular flexibility index (Phi) is 5.32. The molecule has 2 rings (SSSR count). The molecule has 9 heteroatoms. The molecule has 2 N–H and O–H groups in total. The maximum Gasteiger partial charge on any atom is 0.321 e. The van der Waals surface area contributed by atoms with E-state index in [1.807, 2.05) is 32.0 Å². The van der Waals surface area contributed by atoms with Crippen molar-refractivity contribution in [2.45, 2.75) is 31.2 Å². The van der Waals surface area contributed by atoms with Crippen LogP contribution >= 0.6 is 11.8 Å². The summed E-state index contributed by atoms with van der Waals surface area (Å²) in [4.78, 5) is 23.1. The number of carbonyl (C=O) groups excluding carboxylic acids is 2.